The number of alkyl halides is 1. The standard InChI is InChI=1S/C14H21BrO/c1-10-8-11(6-7-13(10)16-5)12(15)9-14(2,3)4/h6-8,12H,9H2,1-5H3. The molecule has 1 unspecified atom stereocenters. The van der Waals surface area contributed by atoms with Crippen molar-refractivity contribution >= 4 is 15.9 Å². The average molecular weight is 285 g/mol. The number of rotatable bonds is 3. The lowest BCUT2D eigenvalue weighted by Gasteiger charge is -2.22. The van der Waals surface area contributed by atoms with Gasteiger partial charge in [0.15, 0.2) is 0 Å². The maximum atomic E-state index is 5.27. The molecule has 0 amide bonds. The minimum absolute atomic E-state index is 0.335. The Morgan fingerprint density at radius 1 is 1.31 bits per heavy atom. The van der Waals surface area contributed by atoms with E-state index in [4.69, 9.17) is 4.74 Å². The van der Waals surface area contributed by atoms with Crippen LogP contribution < -0.4 is 4.74 Å². The van der Waals surface area contributed by atoms with Crippen molar-refractivity contribution in [3.05, 3.63) is 29.3 Å². The third-order valence-electron chi connectivity index (χ3n) is 2.57. The number of aryl methyl sites for hydroxylation is 1. The lowest BCUT2D eigenvalue weighted by Crippen LogP contribution is -2.08. The normalized spacial score (nSPS) is 13.6. The number of ether oxygens (including phenoxy) is 1. The van der Waals surface area contributed by atoms with Crippen molar-refractivity contribution in [1.29, 1.82) is 0 Å². The van der Waals surface area contributed by atoms with Crippen molar-refractivity contribution in [3.8, 4) is 5.75 Å². The predicted molar refractivity (Wildman–Crippen MR) is 73.5 cm³/mol. The fraction of sp³-hybridized carbons (Fsp3) is 0.571. The van der Waals surface area contributed by atoms with Gasteiger partial charge < -0.3 is 4.74 Å². The van der Waals surface area contributed by atoms with Crippen LogP contribution in [0.2, 0.25) is 0 Å². The van der Waals surface area contributed by atoms with E-state index in [-0.39, 0.29) is 0 Å². The van der Waals surface area contributed by atoms with Crippen LogP contribution in [-0.4, -0.2) is 7.11 Å². The highest BCUT2D eigenvalue weighted by atomic mass is 79.9. The van der Waals surface area contributed by atoms with Gasteiger partial charge in [0.25, 0.3) is 0 Å². The number of halogens is 1. The maximum Gasteiger partial charge on any atom is 0.121 e. The van der Waals surface area contributed by atoms with Crippen LogP contribution in [0.3, 0.4) is 0 Å². The van der Waals surface area contributed by atoms with E-state index in [0.717, 1.165) is 12.2 Å². The lowest BCUT2D eigenvalue weighted by molar-refractivity contribution is 0.376. The van der Waals surface area contributed by atoms with E-state index in [1.54, 1.807) is 7.11 Å². The minimum Gasteiger partial charge on any atom is -0.496 e. The molecule has 2 heteroatoms. The molecule has 0 heterocycles. The number of methoxy groups -OCH3 is 1. The molecule has 1 aromatic rings. The number of benzene rings is 1. The first-order valence-electron chi connectivity index (χ1n) is 5.62. The van der Waals surface area contributed by atoms with Gasteiger partial charge in [0.05, 0.1) is 7.11 Å². The summed E-state index contributed by atoms with van der Waals surface area (Å²) in [5.74, 6) is 0.958. The Balaban J connectivity index is 2.85. The van der Waals surface area contributed by atoms with Gasteiger partial charge in [-0.05, 0) is 36.0 Å². The molecule has 0 bridgehead atoms. The van der Waals surface area contributed by atoms with Crippen molar-refractivity contribution in [3.63, 3.8) is 0 Å². The van der Waals surface area contributed by atoms with Gasteiger partial charge in [-0.2, -0.15) is 0 Å². The zero-order valence-corrected chi connectivity index (χ0v) is 12.4. The highest BCUT2D eigenvalue weighted by Gasteiger charge is 2.18. The summed E-state index contributed by atoms with van der Waals surface area (Å²) in [4.78, 5) is 0.414. The first kappa shape index (κ1) is 13.6. The summed E-state index contributed by atoms with van der Waals surface area (Å²) in [6.07, 6.45) is 1.12. The van der Waals surface area contributed by atoms with Crippen LogP contribution in [0.15, 0.2) is 18.2 Å². The predicted octanol–water partition coefficient (Wildman–Crippen LogP) is 4.88. The smallest absolute Gasteiger partial charge is 0.121 e. The van der Waals surface area contributed by atoms with E-state index in [0.29, 0.717) is 10.2 Å². The quantitative estimate of drug-likeness (QED) is 0.719. The highest BCUT2D eigenvalue weighted by molar-refractivity contribution is 9.09. The fourth-order valence-corrected chi connectivity index (χ4v) is 3.01. The Kier molecular flexibility index (Phi) is 4.43. The first-order valence-corrected chi connectivity index (χ1v) is 6.53. The summed E-state index contributed by atoms with van der Waals surface area (Å²) >= 11 is 3.76. The molecule has 0 radical (unpaired) electrons. The molecule has 0 aliphatic heterocycles. The lowest BCUT2D eigenvalue weighted by atomic mass is 9.88. The van der Waals surface area contributed by atoms with Crippen molar-refractivity contribution in [2.75, 3.05) is 7.11 Å². The van der Waals surface area contributed by atoms with E-state index in [1.807, 2.05) is 6.07 Å². The Labute approximate surface area is 107 Å². The average Bonchev–Trinajstić information content (AvgIpc) is 2.15. The molecule has 0 N–H and O–H groups in total. The summed E-state index contributed by atoms with van der Waals surface area (Å²) in [5.41, 5.74) is 2.86. The third-order valence-corrected chi connectivity index (χ3v) is 3.42. The Morgan fingerprint density at radius 3 is 2.38 bits per heavy atom. The van der Waals surface area contributed by atoms with E-state index in [1.165, 1.54) is 11.1 Å². The molecule has 0 saturated heterocycles. The molecule has 1 atom stereocenters. The van der Waals surface area contributed by atoms with E-state index < -0.39 is 0 Å². The topological polar surface area (TPSA) is 9.23 Å². The molecule has 1 nitrogen and oxygen atoms in total. The summed E-state index contributed by atoms with van der Waals surface area (Å²) in [6, 6.07) is 6.38. The van der Waals surface area contributed by atoms with Gasteiger partial charge in [-0.3, -0.25) is 0 Å². The van der Waals surface area contributed by atoms with Crippen molar-refractivity contribution in [1.82, 2.24) is 0 Å². The Morgan fingerprint density at radius 2 is 1.94 bits per heavy atom. The molecular weight excluding hydrogens is 264 g/mol. The van der Waals surface area contributed by atoms with Crippen LogP contribution in [0.25, 0.3) is 0 Å². The number of hydrogen-bond acceptors (Lipinski definition) is 1. The third kappa shape index (κ3) is 3.82. The van der Waals surface area contributed by atoms with Crippen LogP contribution in [0.4, 0.5) is 0 Å². The first-order chi connectivity index (χ1) is 7.33. The molecule has 0 spiro atoms. The van der Waals surface area contributed by atoms with E-state index in [9.17, 15) is 0 Å². The second-order valence-electron chi connectivity index (χ2n) is 5.46. The summed E-state index contributed by atoms with van der Waals surface area (Å²) in [7, 11) is 1.71. The van der Waals surface area contributed by atoms with Gasteiger partial charge in [-0.1, -0.05) is 48.8 Å². The SMILES string of the molecule is COc1ccc(C(Br)CC(C)(C)C)cc1C. The second-order valence-corrected chi connectivity index (χ2v) is 6.57. The maximum absolute atomic E-state index is 5.27. The molecule has 1 aromatic carbocycles. The van der Waals surface area contributed by atoms with E-state index >= 15 is 0 Å². The Hall–Kier alpha value is -0.500. The van der Waals surface area contributed by atoms with Gasteiger partial charge in [-0.15, -0.1) is 0 Å². The largest absolute Gasteiger partial charge is 0.496 e. The van der Waals surface area contributed by atoms with Gasteiger partial charge in [-0.25, -0.2) is 0 Å². The second kappa shape index (κ2) is 5.22. The molecule has 90 valence electrons. The molecular formula is C14H21BrO. The summed E-state index contributed by atoms with van der Waals surface area (Å²) in [5, 5.41) is 0. The molecule has 0 saturated carbocycles. The highest BCUT2D eigenvalue weighted by Crippen LogP contribution is 2.36. The molecule has 1 rings (SSSR count). The van der Waals surface area contributed by atoms with Crippen LogP contribution in [0.1, 0.15) is 43.1 Å². The minimum atomic E-state index is 0.335. The molecule has 0 fully saturated rings. The van der Waals surface area contributed by atoms with Crippen LogP contribution in [-0.2, 0) is 0 Å². The Bertz CT molecular complexity index is 352. The molecule has 16 heavy (non-hydrogen) atoms. The van der Waals surface area contributed by atoms with Crippen LogP contribution in [0.5, 0.6) is 5.75 Å². The molecule has 0 aliphatic rings. The summed E-state index contributed by atoms with van der Waals surface area (Å²) in [6.45, 7) is 8.87. The van der Waals surface area contributed by atoms with Crippen molar-refractivity contribution in [2.45, 2.75) is 38.9 Å². The monoisotopic (exact) mass is 284 g/mol. The number of hydrogen-bond donors (Lipinski definition) is 0. The zero-order chi connectivity index (χ0) is 12.3. The molecule has 0 aromatic heterocycles. The van der Waals surface area contributed by atoms with Gasteiger partial charge in [0.1, 0.15) is 5.75 Å². The fourth-order valence-electron chi connectivity index (χ4n) is 1.75. The summed E-state index contributed by atoms with van der Waals surface area (Å²) < 4.78 is 5.27. The molecule has 0 aliphatic carbocycles. The van der Waals surface area contributed by atoms with Gasteiger partial charge in [0.2, 0.25) is 0 Å². The zero-order valence-electron chi connectivity index (χ0n) is 10.8. The van der Waals surface area contributed by atoms with Gasteiger partial charge in [0, 0.05) is 4.83 Å². The van der Waals surface area contributed by atoms with Crippen molar-refractivity contribution in [2.24, 2.45) is 5.41 Å². The van der Waals surface area contributed by atoms with Crippen LogP contribution in [0, 0.1) is 12.3 Å². The van der Waals surface area contributed by atoms with Crippen LogP contribution >= 0.6 is 15.9 Å². The van der Waals surface area contributed by atoms with Crippen molar-refractivity contribution < 1.29 is 4.74 Å². The van der Waals surface area contributed by atoms with E-state index in [2.05, 4.69) is 55.8 Å². The van der Waals surface area contributed by atoms with Gasteiger partial charge >= 0.3 is 0 Å².